The largest absolute Gasteiger partial charge is 0.311 e. The highest BCUT2D eigenvalue weighted by Crippen LogP contribution is 2.39. The van der Waals surface area contributed by atoms with Crippen LogP contribution in [0.5, 0.6) is 0 Å². The second kappa shape index (κ2) is 15.4. The maximum atomic E-state index is 2.33. The van der Waals surface area contributed by atoms with Gasteiger partial charge in [0.2, 0.25) is 0 Å². The Balaban J connectivity index is 1.02. The van der Waals surface area contributed by atoms with E-state index in [4.69, 9.17) is 0 Å². The Bertz CT molecular complexity index is 2530. The highest BCUT2D eigenvalue weighted by molar-refractivity contribution is 5.88. The van der Waals surface area contributed by atoms with E-state index in [-0.39, 0.29) is 0 Å². The molecule has 260 valence electrons. The Morgan fingerprint density at radius 1 is 0.182 bits per heavy atom. The average Bonchev–Trinajstić information content (AvgIpc) is 3.28. The first-order valence-corrected chi connectivity index (χ1v) is 18.8. The third-order valence-electron chi connectivity index (χ3n) is 10.3. The molecule has 0 saturated heterocycles. The van der Waals surface area contributed by atoms with E-state index in [0.717, 1.165) is 17.1 Å². The Kier molecular flexibility index (Phi) is 9.41. The van der Waals surface area contributed by atoms with Crippen molar-refractivity contribution < 1.29 is 0 Å². The van der Waals surface area contributed by atoms with E-state index in [0.29, 0.717) is 0 Å². The lowest BCUT2D eigenvalue weighted by molar-refractivity contribution is 1.28. The van der Waals surface area contributed by atoms with Gasteiger partial charge in [-0.05, 0) is 109 Å². The molecular formula is C54H39N. The Labute approximate surface area is 324 Å². The minimum atomic E-state index is 1.10. The van der Waals surface area contributed by atoms with E-state index in [1.165, 1.54) is 66.8 Å². The number of hydrogen-bond donors (Lipinski definition) is 0. The van der Waals surface area contributed by atoms with Gasteiger partial charge in [-0.2, -0.15) is 0 Å². The molecule has 0 heterocycles. The number of nitrogens with zero attached hydrogens (tertiary/aromatic N) is 1. The monoisotopic (exact) mass is 701 g/mol. The number of anilines is 3. The van der Waals surface area contributed by atoms with Crippen LogP contribution < -0.4 is 4.90 Å². The van der Waals surface area contributed by atoms with E-state index in [2.05, 4.69) is 241 Å². The van der Waals surface area contributed by atoms with Crippen molar-refractivity contribution in [3.63, 3.8) is 0 Å². The molecular weight excluding hydrogens is 663 g/mol. The first-order chi connectivity index (χ1) is 27.3. The minimum absolute atomic E-state index is 1.10. The van der Waals surface area contributed by atoms with Gasteiger partial charge < -0.3 is 4.90 Å². The molecule has 0 bridgehead atoms. The molecule has 0 radical (unpaired) electrons. The van der Waals surface area contributed by atoms with E-state index < -0.39 is 0 Å². The maximum Gasteiger partial charge on any atom is 0.0462 e. The van der Waals surface area contributed by atoms with Crippen LogP contribution in [0.25, 0.3) is 66.8 Å². The van der Waals surface area contributed by atoms with Crippen molar-refractivity contribution in [3.05, 3.63) is 237 Å². The summed E-state index contributed by atoms with van der Waals surface area (Å²) in [4.78, 5) is 2.33. The van der Waals surface area contributed by atoms with E-state index >= 15 is 0 Å². The normalized spacial score (nSPS) is 10.9. The second-order valence-electron chi connectivity index (χ2n) is 13.8. The fourth-order valence-corrected chi connectivity index (χ4v) is 7.42. The molecule has 55 heavy (non-hydrogen) atoms. The van der Waals surface area contributed by atoms with Gasteiger partial charge in [-0.3, -0.25) is 0 Å². The van der Waals surface area contributed by atoms with Gasteiger partial charge in [0.05, 0.1) is 0 Å². The molecule has 0 amide bonds. The lowest BCUT2D eigenvalue weighted by atomic mass is 9.91. The van der Waals surface area contributed by atoms with Gasteiger partial charge in [-0.15, -0.1) is 0 Å². The molecule has 0 spiro atoms. The molecule has 0 aliphatic heterocycles. The van der Waals surface area contributed by atoms with Gasteiger partial charge in [0.1, 0.15) is 0 Å². The third kappa shape index (κ3) is 7.25. The van der Waals surface area contributed by atoms with Crippen LogP contribution in [0.4, 0.5) is 17.1 Å². The minimum Gasteiger partial charge on any atom is -0.311 e. The van der Waals surface area contributed by atoms with E-state index in [1.54, 1.807) is 0 Å². The van der Waals surface area contributed by atoms with Crippen molar-refractivity contribution in [1.29, 1.82) is 0 Å². The summed E-state index contributed by atoms with van der Waals surface area (Å²) in [5.41, 5.74) is 17.8. The molecule has 1 nitrogen and oxygen atoms in total. The molecule has 0 fully saturated rings. The predicted molar refractivity (Wildman–Crippen MR) is 234 cm³/mol. The van der Waals surface area contributed by atoms with Crippen LogP contribution in [0.15, 0.2) is 237 Å². The predicted octanol–water partition coefficient (Wildman–Crippen LogP) is 15.2. The molecule has 1 heteroatoms. The van der Waals surface area contributed by atoms with Crippen molar-refractivity contribution in [2.75, 3.05) is 4.90 Å². The summed E-state index contributed by atoms with van der Waals surface area (Å²) in [5, 5.41) is 0. The van der Waals surface area contributed by atoms with E-state index in [9.17, 15) is 0 Å². The van der Waals surface area contributed by atoms with Crippen molar-refractivity contribution in [2.45, 2.75) is 0 Å². The van der Waals surface area contributed by atoms with Crippen LogP contribution in [0, 0.1) is 0 Å². The summed E-state index contributed by atoms with van der Waals surface area (Å²) in [6.45, 7) is 0. The van der Waals surface area contributed by atoms with Crippen LogP contribution >= 0.6 is 0 Å². The first-order valence-electron chi connectivity index (χ1n) is 18.8. The van der Waals surface area contributed by atoms with Crippen LogP contribution in [-0.2, 0) is 0 Å². The zero-order valence-corrected chi connectivity index (χ0v) is 30.5. The molecule has 0 aliphatic rings. The lowest BCUT2D eigenvalue weighted by Crippen LogP contribution is -2.09. The molecule has 0 atom stereocenters. The molecule has 0 N–H and O–H groups in total. The summed E-state index contributed by atoms with van der Waals surface area (Å²) < 4.78 is 0. The standard InChI is InChI=1S/C54H39N/c1-5-13-40(14-6-1)43-25-32-50(33-26-43)55(51-34-27-44(28-35-51)41-15-7-2-8-16-41)52-36-29-45(30-37-52)42-21-23-46(24-22-42)49-31-38-53(47-17-9-3-10-18-47)54(39-49)48-19-11-4-12-20-48/h1-39H. The fourth-order valence-electron chi connectivity index (χ4n) is 7.42. The highest BCUT2D eigenvalue weighted by Gasteiger charge is 2.15. The van der Waals surface area contributed by atoms with Crippen LogP contribution in [0.2, 0.25) is 0 Å². The zero-order chi connectivity index (χ0) is 36.8. The first kappa shape index (κ1) is 33.6. The van der Waals surface area contributed by atoms with Crippen LogP contribution in [-0.4, -0.2) is 0 Å². The SMILES string of the molecule is c1ccc(-c2ccc(N(c3ccc(-c4ccccc4)cc3)c3ccc(-c4ccc(-c5ccc(-c6ccccc6)c(-c6ccccc6)c5)cc4)cc3)cc2)cc1. The third-order valence-corrected chi connectivity index (χ3v) is 10.3. The summed E-state index contributed by atoms with van der Waals surface area (Å²) in [6, 6.07) is 84.9. The quantitative estimate of drug-likeness (QED) is 0.145. The summed E-state index contributed by atoms with van der Waals surface area (Å²) in [6.07, 6.45) is 0. The molecule has 9 aromatic rings. The summed E-state index contributed by atoms with van der Waals surface area (Å²) in [5.74, 6) is 0. The smallest absolute Gasteiger partial charge is 0.0462 e. The van der Waals surface area contributed by atoms with Gasteiger partial charge in [-0.1, -0.05) is 194 Å². The van der Waals surface area contributed by atoms with Gasteiger partial charge in [0.25, 0.3) is 0 Å². The Morgan fingerprint density at radius 3 is 0.800 bits per heavy atom. The molecule has 0 aliphatic carbocycles. The Morgan fingerprint density at radius 2 is 0.436 bits per heavy atom. The topological polar surface area (TPSA) is 3.24 Å². The molecule has 0 saturated carbocycles. The Hall–Kier alpha value is -7.22. The summed E-state index contributed by atoms with van der Waals surface area (Å²) >= 11 is 0. The van der Waals surface area contributed by atoms with Gasteiger partial charge in [0, 0.05) is 17.1 Å². The van der Waals surface area contributed by atoms with Crippen molar-refractivity contribution in [1.82, 2.24) is 0 Å². The van der Waals surface area contributed by atoms with E-state index in [1.807, 2.05) is 0 Å². The highest BCUT2D eigenvalue weighted by atomic mass is 15.1. The number of rotatable bonds is 9. The zero-order valence-electron chi connectivity index (χ0n) is 30.5. The molecule has 9 aromatic carbocycles. The molecule has 0 unspecified atom stereocenters. The maximum absolute atomic E-state index is 2.33. The molecule has 9 rings (SSSR count). The van der Waals surface area contributed by atoms with Crippen LogP contribution in [0.1, 0.15) is 0 Å². The van der Waals surface area contributed by atoms with Crippen molar-refractivity contribution in [2.24, 2.45) is 0 Å². The average molecular weight is 702 g/mol. The number of benzene rings is 9. The van der Waals surface area contributed by atoms with Gasteiger partial charge in [0.15, 0.2) is 0 Å². The van der Waals surface area contributed by atoms with Crippen molar-refractivity contribution in [3.8, 4) is 66.8 Å². The fraction of sp³-hybridized carbons (Fsp3) is 0. The van der Waals surface area contributed by atoms with Crippen LogP contribution in [0.3, 0.4) is 0 Å². The van der Waals surface area contributed by atoms with Gasteiger partial charge in [-0.25, -0.2) is 0 Å². The lowest BCUT2D eigenvalue weighted by Gasteiger charge is -2.26. The summed E-state index contributed by atoms with van der Waals surface area (Å²) in [7, 11) is 0. The van der Waals surface area contributed by atoms with Gasteiger partial charge >= 0.3 is 0 Å². The molecule has 0 aromatic heterocycles. The number of hydrogen-bond acceptors (Lipinski definition) is 1. The van der Waals surface area contributed by atoms with Crippen molar-refractivity contribution >= 4 is 17.1 Å². The second-order valence-corrected chi connectivity index (χ2v) is 13.8.